The molecule has 74 valence electrons. The van der Waals surface area contributed by atoms with E-state index in [4.69, 9.17) is 4.74 Å². The second-order valence-electron chi connectivity index (χ2n) is 2.87. The molecular weight excluding hydrogens is 152 g/mol. The zero-order valence-corrected chi connectivity index (χ0v) is 8.98. The monoisotopic (exact) mass is 174 g/mol. The van der Waals surface area contributed by atoms with Gasteiger partial charge in [0.2, 0.25) is 0 Å². The van der Waals surface area contributed by atoms with Gasteiger partial charge in [-0.05, 0) is 26.8 Å². The molecule has 3 heteroatoms. The summed E-state index contributed by atoms with van der Waals surface area (Å²) < 4.78 is 5.74. The number of rotatable bonds is 6. The summed E-state index contributed by atoms with van der Waals surface area (Å²) in [5.41, 5.74) is 2.97. The number of ether oxygens (including phenoxy) is 1. The quantitative estimate of drug-likeness (QED) is 0.489. The van der Waals surface area contributed by atoms with E-state index in [9.17, 15) is 0 Å². The van der Waals surface area contributed by atoms with Gasteiger partial charge < -0.3 is 4.74 Å². The Hall–Kier alpha value is -0.120. The first-order chi connectivity index (χ1) is 5.66. The minimum Gasteiger partial charge on any atom is -0.359 e. The van der Waals surface area contributed by atoms with E-state index in [1.54, 1.807) is 0 Å². The molecule has 0 aliphatic heterocycles. The van der Waals surface area contributed by atoms with Crippen molar-refractivity contribution in [3.05, 3.63) is 0 Å². The summed E-state index contributed by atoms with van der Waals surface area (Å²) in [7, 11) is 3.93. The molecule has 0 fully saturated rings. The third-order valence-electron chi connectivity index (χ3n) is 2.46. The largest absolute Gasteiger partial charge is 0.359 e. The fourth-order valence-electron chi connectivity index (χ4n) is 1.50. The number of hydrogen-bond acceptors (Lipinski definition) is 3. The molecule has 0 heterocycles. The average Bonchev–Trinajstić information content (AvgIpc) is 2.13. The molecule has 0 unspecified atom stereocenters. The van der Waals surface area contributed by atoms with Crippen molar-refractivity contribution in [3.8, 4) is 0 Å². The van der Waals surface area contributed by atoms with Crippen LogP contribution in [-0.2, 0) is 4.74 Å². The standard InChI is InChI=1S/C9H22N2O/c1-6-9(7-2,12-8-3)11(5)10-4/h10H,6-8H2,1-5H3. The molecule has 0 aromatic rings. The highest BCUT2D eigenvalue weighted by Crippen LogP contribution is 2.22. The lowest BCUT2D eigenvalue weighted by atomic mass is 10.1. The van der Waals surface area contributed by atoms with Gasteiger partial charge in [-0.2, -0.15) is 0 Å². The smallest absolute Gasteiger partial charge is 0.133 e. The first-order valence-electron chi connectivity index (χ1n) is 4.72. The third kappa shape index (κ3) is 2.44. The molecule has 0 aromatic carbocycles. The molecule has 0 bridgehead atoms. The fourth-order valence-corrected chi connectivity index (χ4v) is 1.50. The lowest BCUT2D eigenvalue weighted by Crippen LogP contribution is -2.53. The number of hydrazine groups is 1. The van der Waals surface area contributed by atoms with Crippen LogP contribution in [0.5, 0.6) is 0 Å². The number of hydrogen-bond donors (Lipinski definition) is 1. The zero-order valence-electron chi connectivity index (χ0n) is 8.98. The average molecular weight is 174 g/mol. The highest BCUT2D eigenvalue weighted by atomic mass is 16.5. The lowest BCUT2D eigenvalue weighted by Gasteiger charge is -2.39. The maximum Gasteiger partial charge on any atom is 0.133 e. The molecule has 0 aliphatic rings. The highest BCUT2D eigenvalue weighted by Gasteiger charge is 2.30. The fraction of sp³-hybridized carbons (Fsp3) is 1.00. The maximum absolute atomic E-state index is 5.74. The van der Waals surface area contributed by atoms with Gasteiger partial charge in [0.05, 0.1) is 0 Å². The third-order valence-corrected chi connectivity index (χ3v) is 2.46. The Morgan fingerprint density at radius 3 is 2.00 bits per heavy atom. The molecule has 0 spiro atoms. The van der Waals surface area contributed by atoms with Crippen molar-refractivity contribution in [3.63, 3.8) is 0 Å². The van der Waals surface area contributed by atoms with Crippen molar-refractivity contribution in [2.24, 2.45) is 0 Å². The minimum atomic E-state index is -0.135. The molecule has 3 nitrogen and oxygen atoms in total. The van der Waals surface area contributed by atoms with Crippen LogP contribution in [0.1, 0.15) is 33.6 Å². The summed E-state index contributed by atoms with van der Waals surface area (Å²) in [6.45, 7) is 7.08. The Kier molecular flexibility index (Phi) is 5.46. The van der Waals surface area contributed by atoms with Gasteiger partial charge in [0.15, 0.2) is 0 Å². The van der Waals surface area contributed by atoms with Crippen LogP contribution in [0.4, 0.5) is 0 Å². The second-order valence-corrected chi connectivity index (χ2v) is 2.87. The van der Waals surface area contributed by atoms with Crippen molar-refractivity contribution in [1.29, 1.82) is 0 Å². The van der Waals surface area contributed by atoms with Crippen LogP contribution in [0.3, 0.4) is 0 Å². The van der Waals surface area contributed by atoms with E-state index in [0.717, 1.165) is 19.4 Å². The topological polar surface area (TPSA) is 24.5 Å². The Labute approximate surface area is 76.1 Å². The van der Waals surface area contributed by atoms with Crippen molar-refractivity contribution in [2.75, 3.05) is 20.7 Å². The van der Waals surface area contributed by atoms with Crippen LogP contribution in [0.15, 0.2) is 0 Å². The van der Waals surface area contributed by atoms with Gasteiger partial charge in [0.1, 0.15) is 5.72 Å². The Bertz CT molecular complexity index is 113. The SMILES string of the molecule is CCOC(CC)(CC)N(C)NC. The molecule has 0 saturated carbocycles. The van der Waals surface area contributed by atoms with Crippen molar-refractivity contribution >= 4 is 0 Å². The first kappa shape index (κ1) is 11.9. The van der Waals surface area contributed by atoms with E-state index < -0.39 is 0 Å². The van der Waals surface area contributed by atoms with E-state index in [1.165, 1.54) is 0 Å². The van der Waals surface area contributed by atoms with Crippen LogP contribution in [-0.4, -0.2) is 31.4 Å². The maximum atomic E-state index is 5.74. The number of nitrogens with zero attached hydrogens (tertiary/aromatic N) is 1. The Morgan fingerprint density at radius 2 is 1.75 bits per heavy atom. The second kappa shape index (κ2) is 5.51. The van der Waals surface area contributed by atoms with Gasteiger partial charge >= 0.3 is 0 Å². The summed E-state index contributed by atoms with van der Waals surface area (Å²) >= 11 is 0. The molecule has 0 radical (unpaired) electrons. The molecule has 0 atom stereocenters. The predicted octanol–water partition coefficient (Wildman–Crippen LogP) is 1.61. The summed E-state index contributed by atoms with van der Waals surface area (Å²) in [6, 6.07) is 0. The van der Waals surface area contributed by atoms with Crippen molar-refractivity contribution < 1.29 is 4.74 Å². The minimum absolute atomic E-state index is 0.135. The van der Waals surface area contributed by atoms with Gasteiger partial charge in [-0.15, -0.1) is 0 Å². The van der Waals surface area contributed by atoms with E-state index in [0.29, 0.717) is 0 Å². The van der Waals surface area contributed by atoms with Crippen LogP contribution in [0.2, 0.25) is 0 Å². The summed E-state index contributed by atoms with van der Waals surface area (Å²) in [5, 5.41) is 2.04. The van der Waals surface area contributed by atoms with Crippen LogP contribution < -0.4 is 5.43 Å². The van der Waals surface area contributed by atoms with Gasteiger partial charge in [-0.3, -0.25) is 5.43 Å². The molecule has 0 saturated heterocycles. The van der Waals surface area contributed by atoms with Crippen LogP contribution in [0, 0.1) is 0 Å². The first-order valence-corrected chi connectivity index (χ1v) is 4.72. The Balaban J connectivity index is 4.33. The normalized spacial score (nSPS) is 12.5. The molecule has 12 heavy (non-hydrogen) atoms. The summed E-state index contributed by atoms with van der Waals surface area (Å²) in [4.78, 5) is 0. The molecular formula is C9H22N2O. The molecule has 0 aliphatic carbocycles. The van der Waals surface area contributed by atoms with Crippen LogP contribution in [0.25, 0.3) is 0 Å². The summed E-state index contributed by atoms with van der Waals surface area (Å²) in [6.07, 6.45) is 1.99. The van der Waals surface area contributed by atoms with Gasteiger partial charge in [-0.1, -0.05) is 13.8 Å². The van der Waals surface area contributed by atoms with E-state index in [1.807, 2.05) is 26.0 Å². The molecule has 0 rings (SSSR count). The van der Waals surface area contributed by atoms with E-state index >= 15 is 0 Å². The molecule has 0 aromatic heterocycles. The van der Waals surface area contributed by atoms with Gasteiger partial charge in [0.25, 0.3) is 0 Å². The van der Waals surface area contributed by atoms with Crippen molar-refractivity contribution in [1.82, 2.24) is 10.4 Å². The summed E-state index contributed by atoms with van der Waals surface area (Å²) in [5.74, 6) is 0. The van der Waals surface area contributed by atoms with Crippen LogP contribution >= 0.6 is 0 Å². The lowest BCUT2D eigenvalue weighted by molar-refractivity contribution is -0.165. The number of nitrogens with one attached hydrogen (secondary N) is 1. The van der Waals surface area contributed by atoms with E-state index in [2.05, 4.69) is 19.3 Å². The zero-order chi connectivity index (χ0) is 9.61. The molecule has 1 N–H and O–H groups in total. The Morgan fingerprint density at radius 1 is 1.25 bits per heavy atom. The van der Waals surface area contributed by atoms with Gasteiger partial charge in [-0.25, -0.2) is 5.01 Å². The molecule has 0 amide bonds. The van der Waals surface area contributed by atoms with E-state index in [-0.39, 0.29) is 5.72 Å². The van der Waals surface area contributed by atoms with Crippen molar-refractivity contribution in [2.45, 2.75) is 39.3 Å². The van der Waals surface area contributed by atoms with Gasteiger partial charge in [0, 0.05) is 13.7 Å². The highest BCUT2D eigenvalue weighted by molar-refractivity contribution is 4.73. The predicted molar refractivity (Wildman–Crippen MR) is 51.8 cm³/mol.